The van der Waals surface area contributed by atoms with Crippen LogP contribution in [0, 0.1) is 5.41 Å². The topological polar surface area (TPSA) is 59.3 Å². The van der Waals surface area contributed by atoms with E-state index in [0.29, 0.717) is 5.75 Å². The lowest BCUT2D eigenvalue weighted by Crippen LogP contribution is -2.28. The van der Waals surface area contributed by atoms with Crippen molar-refractivity contribution >= 4 is 9.84 Å². The molecule has 1 heterocycles. The molecule has 0 aromatic carbocycles. The molecule has 1 aromatic rings. The van der Waals surface area contributed by atoms with E-state index in [1.807, 2.05) is 6.07 Å². The van der Waals surface area contributed by atoms with Crippen LogP contribution in [0.15, 0.2) is 23.0 Å². The molecular formula is C11H17NO3S. The zero-order valence-corrected chi connectivity index (χ0v) is 10.2. The van der Waals surface area contributed by atoms with Gasteiger partial charge in [-0.25, -0.2) is 8.42 Å². The van der Waals surface area contributed by atoms with Gasteiger partial charge in [0.1, 0.15) is 9.84 Å². The predicted molar refractivity (Wildman–Crippen MR) is 61.8 cm³/mol. The first kappa shape index (κ1) is 11.7. The maximum Gasteiger partial charge on any atom is 0.148 e. The minimum atomic E-state index is -2.86. The first-order valence-corrected chi connectivity index (χ1v) is 7.45. The Morgan fingerprint density at radius 2 is 2.25 bits per heavy atom. The van der Waals surface area contributed by atoms with Crippen LogP contribution in [0.5, 0.6) is 0 Å². The molecule has 5 heteroatoms. The molecule has 16 heavy (non-hydrogen) atoms. The van der Waals surface area contributed by atoms with Crippen molar-refractivity contribution in [3.63, 3.8) is 0 Å². The average Bonchev–Trinajstić information content (AvgIpc) is 2.72. The van der Waals surface area contributed by atoms with E-state index in [9.17, 15) is 8.42 Å². The summed E-state index contributed by atoms with van der Waals surface area (Å²) in [5, 5.41) is 3.29. The van der Waals surface area contributed by atoms with Crippen molar-refractivity contribution in [2.45, 2.75) is 19.4 Å². The second-order valence-electron chi connectivity index (χ2n) is 4.81. The minimum absolute atomic E-state index is 0.00266. The lowest BCUT2D eigenvalue weighted by Gasteiger charge is -2.14. The first-order valence-electron chi connectivity index (χ1n) is 5.39. The van der Waals surface area contributed by atoms with E-state index in [-0.39, 0.29) is 5.41 Å². The van der Waals surface area contributed by atoms with Crippen LogP contribution in [0.4, 0.5) is 0 Å². The summed E-state index contributed by atoms with van der Waals surface area (Å²) in [5.74, 6) is 0.304. The Morgan fingerprint density at radius 3 is 2.75 bits per heavy atom. The fourth-order valence-electron chi connectivity index (χ4n) is 1.97. The Hall–Kier alpha value is -0.810. The molecule has 0 spiro atoms. The van der Waals surface area contributed by atoms with Gasteiger partial charge in [-0.3, -0.25) is 0 Å². The summed E-state index contributed by atoms with van der Waals surface area (Å²) < 4.78 is 27.4. The molecular weight excluding hydrogens is 226 g/mol. The number of hydrogen-bond donors (Lipinski definition) is 1. The van der Waals surface area contributed by atoms with Gasteiger partial charge in [-0.05, 0) is 24.3 Å². The van der Waals surface area contributed by atoms with Gasteiger partial charge in [0.2, 0.25) is 0 Å². The van der Waals surface area contributed by atoms with Crippen LogP contribution in [-0.2, 0) is 16.4 Å². The zero-order chi connectivity index (χ0) is 11.6. The maximum absolute atomic E-state index is 11.2. The van der Waals surface area contributed by atoms with Crippen LogP contribution in [0.2, 0.25) is 0 Å². The van der Waals surface area contributed by atoms with Crippen LogP contribution in [0.1, 0.15) is 18.4 Å². The summed E-state index contributed by atoms with van der Waals surface area (Å²) in [4.78, 5) is 0. The van der Waals surface area contributed by atoms with Gasteiger partial charge in [0.15, 0.2) is 0 Å². The number of furan rings is 1. The van der Waals surface area contributed by atoms with Crippen molar-refractivity contribution in [2.75, 3.05) is 18.6 Å². The fraction of sp³-hybridized carbons (Fsp3) is 0.636. The van der Waals surface area contributed by atoms with Crippen molar-refractivity contribution in [3.05, 3.63) is 24.2 Å². The quantitative estimate of drug-likeness (QED) is 0.815. The van der Waals surface area contributed by atoms with Gasteiger partial charge in [0.05, 0.1) is 18.3 Å². The van der Waals surface area contributed by atoms with E-state index in [1.165, 1.54) is 6.26 Å². The molecule has 1 saturated carbocycles. The normalized spacial score (nSPS) is 18.6. The molecule has 90 valence electrons. The van der Waals surface area contributed by atoms with Crippen molar-refractivity contribution in [1.29, 1.82) is 0 Å². The highest BCUT2D eigenvalue weighted by Crippen LogP contribution is 2.46. The SMILES string of the molecule is CS(=O)(=O)CC1(CNCc2ccoc2)CC1. The molecule has 0 amide bonds. The van der Waals surface area contributed by atoms with Crippen LogP contribution < -0.4 is 5.32 Å². The first-order chi connectivity index (χ1) is 7.49. The molecule has 1 aromatic heterocycles. The van der Waals surface area contributed by atoms with Gasteiger partial charge in [-0.15, -0.1) is 0 Å². The number of hydrogen-bond acceptors (Lipinski definition) is 4. The molecule has 0 bridgehead atoms. The number of sulfone groups is 1. The Labute approximate surface area is 95.9 Å². The zero-order valence-electron chi connectivity index (χ0n) is 9.40. The maximum atomic E-state index is 11.2. The predicted octanol–water partition coefficient (Wildman–Crippen LogP) is 1.19. The van der Waals surface area contributed by atoms with Crippen LogP contribution in [0.3, 0.4) is 0 Å². The van der Waals surface area contributed by atoms with Gasteiger partial charge < -0.3 is 9.73 Å². The third-order valence-electron chi connectivity index (χ3n) is 2.93. The Morgan fingerprint density at radius 1 is 1.50 bits per heavy atom. The molecule has 4 nitrogen and oxygen atoms in total. The van der Waals surface area contributed by atoms with E-state index >= 15 is 0 Å². The molecule has 2 rings (SSSR count). The fourth-order valence-corrected chi connectivity index (χ4v) is 3.47. The molecule has 1 N–H and O–H groups in total. The Kier molecular flexibility index (Phi) is 3.08. The smallest absolute Gasteiger partial charge is 0.148 e. The molecule has 0 saturated heterocycles. The van der Waals surface area contributed by atoms with E-state index < -0.39 is 9.84 Å². The second-order valence-corrected chi connectivity index (χ2v) is 6.95. The Balaban J connectivity index is 1.78. The van der Waals surface area contributed by atoms with Gasteiger partial charge in [0, 0.05) is 24.9 Å². The van der Waals surface area contributed by atoms with E-state index in [4.69, 9.17) is 4.42 Å². The van der Waals surface area contributed by atoms with Gasteiger partial charge >= 0.3 is 0 Å². The largest absolute Gasteiger partial charge is 0.472 e. The van der Waals surface area contributed by atoms with Gasteiger partial charge in [-0.2, -0.15) is 0 Å². The minimum Gasteiger partial charge on any atom is -0.472 e. The molecule has 1 aliphatic carbocycles. The van der Waals surface area contributed by atoms with Crippen molar-refractivity contribution in [3.8, 4) is 0 Å². The van der Waals surface area contributed by atoms with E-state index in [1.54, 1.807) is 12.5 Å². The summed E-state index contributed by atoms with van der Waals surface area (Å²) in [6.07, 6.45) is 6.67. The van der Waals surface area contributed by atoms with Crippen LogP contribution in [0.25, 0.3) is 0 Å². The molecule has 1 fully saturated rings. The third kappa shape index (κ3) is 3.35. The molecule has 0 radical (unpaired) electrons. The van der Waals surface area contributed by atoms with Crippen molar-refractivity contribution < 1.29 is 12.8 Å². The molecule has 0 atom stereocenters. The molecule has 0 unspecified atom stereocenters. The number of nitrogens with one attached hydrogen (secondary N) is 1. The standard InChI is InChI=1S/C11H17NO3S/c1-16(13,14)9-11(3-4-11)8-12-6-10-2-5-15-7-10/h2,5,7,12H,3-4,6,8-9H2,1H3. The lowest BCUT2D eigenvalue weighted by atomic mass is 10.1. The summed E-state index contributed by atoms with van der Waals surface area (Å²) in [6.45, 7) is 1.51. The van der Waals surface area contributed by atoms with Crippen molar-refractivity contribution in [1.82, 2.24) is 5.32 Å². The summed E-state index contributed by atoms with van der Waals surface area (Å²) in [5.41, 5.74) is 1.09. The highest BCUT2D eigenvalue weighted by molar-refractivity contribution is 7.90. The Bertz CT molecular complexity index is 432. The third-order valence-corrected chi connectivity index (χ3v) is 4.07. The van der Waals surface area contributed by atoms with Crippen molar-refractivity contribution in [2.24, 2.45) is 5.41 Å². The van der Waals surface area contributed by atoms with E-state index in [2.05, 4.69) is 5.32 Å². The van der Waals surface area contributed by atoms with E-state index in [0.717, 1.165) is 31.5 Å². The molecule has 0 aliphatic heterocycles. The van der Waals surface area contributed by atoms with Gasteiger partial charge in [0.25, 0.3) is 0 Å². The van der Waals surface area contributed by atoms with Crippen LogP contribution >= 0.6 is 0 Å². The van der Waals surface area contributed by atoms with Gasteiger partial charge in [-0.1, -0.05) is 0 Å². The highest BCUT2D eigenvalue weighted by atomic mass is 32.2. The summed E-state index contributed by atoms with van der Waals surface area (Å²) in [7, 11) is -2.86. The highest BCUT2D eigenvalue weighted by Gasteiger charge is 2.44. The molecule has 1 aliphatic rings. The van der Waals surface area contributed by atoms with Crippen LogP contribution in [-0.4, -0.2) is 27.0 Å². The average molecular weight is 243 g/mol. The second kappa shape index (κ2) is 4.22. The summed E-state index contributed by atoms with van der Waals surface area (Å²) in [6, 6.07) is 1.91. The number of rotatable bonds is 6. The lowest BCUT2D eigenvalue weighted by molar-refractivity contribution is 0.489. The summed E-state index contributed by atoms with van der Waals surface area (Å²) >= 11 is 0. The monoisotopic (exact) mass is 243 g/mol.